The van der Waals surface area contributed by atoms with Gasteiger partial charge in [-0.05, 0) is 25.0 Å². The molecule has 1 aliphatic heterocycles. The summed E-state index contributed by atoms with van der Waals surface area (Å²) in [6, 6.07) is 4.88. The van der Waals surface area contributed by atoms with Crippen molar-refractivity contribution in [1.82, 2.24) is 9.80 Å². The highest BCUT2D eigenvalue weighted by Gasteiger charge is 2.37. The lowest BCUT2D eigenvalue weighted by atomic mass is 10.1. The molecule has 1 aromatic carbocycles. The molecule has 1 aliphatic rings. The van der Waals surface area contributed by atoms with Crippen LogP contribution in [0.3, 0.4) is 0 Å². The first-order valence-corrected chi connectivity index (χ1v) is 8.55. The lowest BCUT2D eigenvalue weighted by Gasteiger charge is -2.29. The quantitative estimate of drug-likeness (QED) is 0.778. The average Bonchev–Trinajstić information content (AvgIpc) is 3.09. The molecule has 0 spiro atoms. The van der Waals surface area contributed by atoms with Gasteiger partial charge >= 0.3 is 12.6 Å². The van der Waals surface area contributed by atoms with E-state index in [1.54, 1.807) is 0 Å². The number of likely N-dealkylation sites (tertiary alicyclic amines) is 1. The molecule has 1 aromatic rings. The minimum atomic E-state index is -3.07. The number of carbonyl (C=O) groups is 3. The van der Waals surface area contributed by atoms with Gasteiger partial charge in [-0.15, -0.1) is 0 Å². The number of benzene rings is 1. The molecule has 2 atom stereocenters. The van der Waals surface area contributed by atoms with E-state index in [1.807, 2.05) is 0 Å². The molecule has 1 N–H and O–H groups in total. The number of carboxylic acids is 1. The Morgan fingerprint density at radius 1 is 1.33 bits per heavy atom. The third-order valence-corrected chi connectivity index (χ3v) is 4.48. The van der Waals surface area contributed by atoms with Crippen LogP contribution in [0.25, 0.3) is 0 Å². The SMILES string of the molecule is CC(CN(C)C(=O)C1CCCN1C(=O)c1ccccc1OC(F)F)C(=O)O. The minimum absolute atomic E-state index is 0.0117. The largest absolute Gasteiger partial charge is 0.481 e. The lowest BCUT2D eigenvalue weighted by Crippen LogP contribution is -2.48. The van der Waals surface area contributed by atoms with Gasteiger partial charge < -0.3 is 19.6 Å². The van der Waals surface area contributed by atoms with E-state index in [4.69, 9.17) is 5.11 Å². The van der Waals surface area contributed by atoms with E-state index in [2.05, 4.69) is 4.74 Å². The number of alkyl halides is 2. The highest BCUT2D eigenvalue weighted by molar-refractivity contribution is 6.00. The molecule has 0 aliphatic carbocycles. The number of rotatable bonds is 7. The fraction of sp³-hybridized carbons (Fsp3) is 0.500. The van der Waals surface area contributed by atoms with Crippen LogP contribution in [0.2, 0.25) is 0 Å². The molecule has 1 saturated heterocycles. The Balaban J connectivity index is 2.17. The van der Waals surface area contributed by atoms with Gasteiger partial charge in [-0.3, -0.25) is 14.4 Å². The fourth-order valence-electron chi connectivity index (χ4n) is 3.10. The number of amides is 2. The number of nitrogens with zero attached hydrogens (tertiary/aromatic N) is 2. The number of halogens is 2. The maximum absolute atomic E-state index is 12.9. The van der Waals surface area contributed by atoms with E-state index in [9.17, 15) is 23.2 Å². The van der Waals surface area contributed by atoms with Crippen LogP contribution in [0.15, 0.2) is 24.3 Å². The Morgan fingerprint density at radius 3 is 2.63 bits per heavy atom. The number of aliphatic carboxylic acids is 1. The molecule has 2 rings (SSSR count). The summed E-state index contributed by atoms with van der Waals surface area (Å²) in [5.41, 5.74) is -0.0425. The Morgan fingerprint density at radius 2 is 2.00 bits per heavy atom. The number of carbonyl (C=O) groups excluding carboxylic acids is 2. The van der Waals surface area contributed by atoms with E-state index in [0.717, 1.165) is 0 Å². The molecule has 27 heavy (non-hydrogen) atoms. The first-order chi connectivity index (χ1) is 12.7. The molecule has 0 bridgehead atoms. The summed E-state index contributed by atoms with van der Waals surface area (Å²) >= 11 is 0. The second-order valence-corrected chi connectivity index (χ2v) is 6.49. The van der Waals surface area contributed by atoms with Gasteiger partial charge in [0, 0.05) is 20.1 Å². The number of para-hydroxylation sites is 1. The first kappa shape index (κ1) is 20.6. The maximum atomic E-state index is 12.9. The van der Waals surface area contributed by atoms with Gasteiger partial charge in [0.2, 0.25) is 5.91 Å². The van der Waals surface area contributed by atoms with Crippen molar-refractivity contribution in [3.63, 3.8) is 0 Å². The summed E-state index contributed by atoms with van der Waals surface area (Å²) in [7, 11) is 1.48. The van der Waals surface area contributed by atoms with Gasteiger partial charge in [0.15, 0.2) is 0 Å². The van der Waals surface area contributed by atoms with Gasteiger partial charge in [0.25, 0.3) is 5.91 Å². The van der Waals surface area contributed by atoms with Crippen LogP contribution in [0.4, 0.5) is 8.78 Å². The summed E-state index contributed by atoms with van der Waals surface area (Å²) < 4.78 is 29.6. The average molecular weight is 384 g/mol. The Bertz CT molecular complexity index is 713. The van der Waals surface area contributed by atoms with E-state index >= 15 is 0 Å². The zero-order valence-corrected chi connectivity index (χ0v) is 15.1. The van der Waals surface area contributed by atoms with Crippen LogP contribution in [0.1, 0.15) is 30.1 Å². The fourth-order valence-corrected chi connectivity index (χ4v) is 3.10. The number of carboxylic acid groups (broad SMARTS) is 1. The van der Waals surface area contributed by atoms with Crippen LogP contribution in [-0.4, -0.2) is 65.5 Å². The molecule has 0 aromatic heterocycles. The maximum Gasteiger partial charge on any atom is 0.387 e. The number of hydrogen-bond acceptors (Lipinski definition) is 4. The second kappa shape index (κ2) is 8.79. The molecule has 9 heteroatoms. The molecule has 1 fully saturated rings. The summed E-state index contributed by atoms with van der Waals surface area (Å²) in [5.74, 6) is -2.96. The van der Waals surface area contributed by atoms with Gasteiger partial charge in [-0.2, -0.15) is 8.78 Å². The van der Waals surface area contributed by atoms with Crippen molar-refractivity contribution in [2.24, 2.45) is 5.92 Å². The Kier molecular flexibility index (Phi) is 6.70. The predicted octanol–water partition coefficient (Wildman–Crippen LogP) is 2.07. The van der Waals surface area contributed by atoms with Crippen LogP contribution in [-0.2, 0) is 9.59 Å². The molecule has 0 radical (unpaired) electrons. The van der Waals surface area contributed by atoms with E-state index in [-0.39, 0.29) is 23.8 Å². The molecule has 7 nitrogen and oxygen atoms in total. The molecule has 1 heterocycles. The van der Waals surface area contributed by atoms with Gasteiger partial charge in [0.1, 0.15) is 11.8 Å². The van der Waals surface area contributed by atoms with Crippen molar-refractivity contribution in [2.45, 2.75) is 32.4 Å². The van der Waals surface area contributed by atoms with Crippen molar-refractivity contribution >= 4 is 17.8 Å². The van der Waals surface area contributed by atoms with E-state index in [0.29, 0.717) is 19.4 Å². The van der Waals surface area contributed by atoms with Crippen LogP contribution in [0, 0.1) is 5.92 Å². The normalized spacial score (nSPS) is 17.7. The van der Waals surface area contributed by atoms with Gasteiger partial charge in [0.05, 0.1) is 11.5 Å². The lowest BCUT2D eigenvalue weighted by molar-refractivity contribution is -0.143. The summed E-state index contributed by atoms with van der Waals surface area (Å²) in [6.07, 6.45) is 1.01. The zero-order chi connectivity index (χ0) is 20.1. The van der Waals surface area contributed by atoms with Crippen molar-refractivity contribution in [1.29, 1.82) is 0 Å². The zero-order valence-electron chi connectivity index (χ0n) is 15.1. The highest BCUT2D eigenvalue weighted by atomic mass is 19.3. The summed E-state index contributed by atoms with van der Waals surface area (Å²) in [4.78, 5) is 39.2. The molecule has 0 saturated carbocycles. The van der Waals surface area contributed by atoms with Crippen LogP contribution in [0.5, 0.6) is 5.75 Å². The van der Waals surface area contributed by atoms with E-state index in [1.165, 1.54) is 48.0 Å². The van der Waals surface area contributed by atoms with E-state index < -0.39 is 30.4 Å². The number of hydrogen-bond donors (Lipinski definition) is 1. The minimum Gasteiger partial charge on any atom is -0.481 e. The smallest absolute Gasteiger partial charge is 0.387 e. The van der Waals surface area contributed by atoms with Crippen LogP contribution >= 0.6 is 0 Å². The molecule has 148 valence electrons. The molecular formula is C18H22F2N2O5. The Labute approximate surface area is 155 Å². The van der Waals surface area contributed by atoms with Crippen LogP contribution < -0.4 is 4.74 Å². The Hall–Kier alpha value is -2.71. The van der Waals surface area contributed by atoms with Crippen molar-refractivity contribution in [2.75, 3.05) is 20.1 Å². The van der Waals surface area contributed by atoms with Crippen molar-refractivity contribution in [3.8, 4) is 5.75 Å². The molecule has 2 amide bonds. The first-order valence-electron chi connectivity index (χ1n) is 8.55. The second-order valence-electron chi connectivity index (χ2n) is 6.49. The third-order valence-electron chi connectivity index (χ3n) is 4.48. The summed E-state index contributed by atoms with van der Waals surface area (Å²) in [6.45, 7) is -1.27. The third kappa shape index (κ3) is 4.93. The monoisotopic (exact) mass is 384 g/mol. The highest BCUT2D eigenvalue weighted by Crippen LogP contribution is 2.27. The molecular weight excluding hydrogens is 362 g/mol. The standard InChI is InChI=1S/C18H22F2N2O5/c1-11(17(25)26)10-21(2)16(24)13-7-5-9-22(13)15(23)12-6-3-4-8-14(12)27-18(19)20/h3-4,6,8,11,13,18H,5,7,9-10H2,1-2H3,(H,25,26). The topological polar surface area (TPSA) is 87.2 Å². The number of ether oxygens (including phenoxy) is 1. The van der Waals surface area contributed by atoms with Crippen molar-refractivity contribution in [3.05, 3.63) is 29.8 Å². The van der Waals surface area contributed by atoms with Gasteiger partial charge in [-0.1, -0.05) is 19.1 Å². The van der Waals surface area contributed by atoms with Crippen molar-refractivity contribution < 1.29 is 33.0 Å². The predicted molar refractivity (Wildman–Crippen MR) is 91.6 cm³/mol. The number of likely N-dealkylation sites (N-methyl/N-ethyl adjacent to an activating group) is 1. The summed E-state index contributed by atoms with van der Waals surface area (Å²) in [5, 5.41) is 8.99. The molecule has 2 unspecified atom stereocenters. The van der Waals surface area contributed by atoms with Gasteiger partial charge in [-0.25, -0.2) is 0 Å².